The molecule has 3 nitrogen and oxygen atoms in total. The van der Waals surface area contributed by atoms with Gasteiger partial charge in [-0.15, -0.1) is 0 Å². The number of nitrogens with one attached hydrogen (secondary N) is 1. The maximum atomic E-state index is 11.7. The molecule has 0 bridgehead atoms. The second-order valence-electron chi connectivity index (χ2n) is 5.37. The highest BCUT2D eigenvalue weighted by atomic mass is 16.2. The Kier molecular flexibility index (Phi) is 4.70. The van der Waals surface area contributed by atoms with Crippen LogP contribution in [0.2, 0.25) is 0 Å². The Morgan fingerprint density at radius 2 is 1.88 bits per heavy atom. The first-order chi connectivity index (χ1) is 7.88. The van der Waals surface area contributed by atoms with Crippen molar-refractivity contribution in [3.05, 3.63) is 35.9 Å². The molecule has 0 aliphatic heterocycles. The maximum absolute atomic E-state index is 11.7. The molecule has 0 saturated heterocycles. The van der Waals surface area contributed by atoms with Crippen LogP contribution in [0.3, 0.4) is 0 Å². The molecule has 0 radical (unpaired) electrons. The Morgan fingerprint density at radius 3 is 2.41 bits per heavy atom. The molecular formula is C14H22N2O. The molecule has 1 unspecified atom stereocenters. The van der Waals surface area contributed by atoms with Crippen LogP contribution in [0, 0.1) is 0 Å². The van der Waals surface area contributed by atoms with E-state index in [1.54, 1.807) is 0 Å². The Morgan fingerprint density at radius 1 is 1.29 bits per heavy atom. The zero-order chi connectivity index (χ0) is 12.9. The number of carbonyl (C=O) groups excluding carboxylic acids is 1. The summed E-state index contributed by atoms with van der Waals surface area (Å²) in [5.41, 5.74) is 6.85. The van der Waals surface area contributed by atoms with E-state index in [-0.39, 0.29) is 11.4 Å². The number of amides is 1. The minimum atomic E-state index is -0.436. The lowest BCUT2D eigenvalue weighted by molar-refractivity contribution is -0.123. The van der Waals surface area contributed by atoms with E-state index in [1.807, 2.05) is 51.1 Å². The highest BCUT2D eigenvalue weighted by Gasteiger charge is 2.19. The zero-order valence-corrected chi connectivity index (χ0v) is 10.9. The lowest BCUT2D eigenvalue weighted by atomic mass is 10.0. The summed E-state index contributed by atoms with van der Waals surface area (Å²) in [7, 11) is 0. The molecule has 1 aromatic carbocycles. The summed E-state index contributed by atoms with van der Waals surface area (Å²) >= 11 is 0. The molecular weight excluding hydrogens is 212 g/mol. The molecule has 0 spiro atoms. The topological polar surface area (TPSA) is 55.1 Å². The lowest BCUT2D eigenvalue weighted by Crippen LogP contribution is -2.49. The van der Waals surface area contributed by atoms with Crippen molar-refractivity contribution in [2.75, 3.05) is 0 Å². The van der Waals surface area contributed by atoms with E-state index in [0.717, 1.165) is 6.42 Å². The highest BCUT2D eigenvalue weighted by molar-refractivity contribution is 5.82. The van der Waals surface area contributed by atoms with Crippen molar-refractivity contribution in [2.24, 2.45) is 5.73 Å². The van der Waals surface area contributed by atoms with Crippen LogP contribution in [0.5, 0.6) is 0 Å². The van der Waals surface area contributed by atoms with Gasteiger partial charge in [0.2, 0.25) is 5.91 Å². The Hall–Kier alpha value is -1.35. The van der Waals surface area contributed by atoms with Gasteiger partial charge in [0.05, 0.1) is 6.04 Å². The molecule has 1 atom stereocenters. The van der Waals surface area contributed by atoms with Gasteiger partial charge in [-0.2, -0.15) is 0 Å². The van der Waals surface area contributed by atoms with Gasteiger partial charge < -0.3 is 11.1 Å². The number of benzene rings is 1. The quantitative estimate of drug-likeness (QED) is 0.835. The van der Waals surface area contributed by atoms with Gasteiger partial charge in [-0.1, -0.05) is 30.3 Å². The van der Waals surface area contributed by atoms with Crippen molar-refractivity contribution >= 4 is 5.91 Å². The molecule has 0 heterocycles. The van der Waals surface area contributed by atoms with Gasteiger partial charge >= 0.3 is 0 Å². The monoisotopic (exact) mass is 234 g/mol. The Labute approximate surface area is 103 Å². The molecule has 0 aromatic heterocycles. The molecule has 17 heavy (non-hydrogen) atoms. The molecule has 0 fully saturated rings. The fourth-order valence-electron chi connectivity index (χ4n) is 1.56. The molecule has 1 rings (SSSR count). The minimum Gasteiger partial charge on any atom is -0.350 e. The summed E-state index contributed by atoms with van der Waals surface area (Å²) < 4.78 is 0. The number of hydrogen-bond donors (Lipinski definition) is 2. The van der Waals surface area contributed by atoms with Crippen LogP contribution in [-0.2, 0) is 11.2 Å². The van der Waals surface area contributed by atoms with Crippen molar-refractivity contribution in [3.8, 4) is 0 Å². The van der Waals surface area contributed by atoms with Crippen LogP contribution in [-0.4, -0.2) is 17.5 Å². The standard InChI is InChI=1S/C14H22N2O/c1-14(2,3)16-13(17)12(15)10-9-11-7-5-4-6-8-11/h4-8,12H,9-10,15H2,1-3H3,(H,16,17). The smallest absolute Gasteiger partial charge is 0.237 e. The van der Waals surface area contributed by atoms with E-state index in [4.69, 9.17) is 5.73 Å². The summed E-state index contributed by atoms with van der Waals surface area (Å²) in [5, 5.41) is 2.89. The lowest BCUT2D eigenvalue weighted by Gasteiger charge is -2.23. The second kappa shape index (κ2) is 5.82. The van der Waals surface area contributed by atoms with E-state index in [9.17, 15) is 4.79 Å². The molecule has 0 aliphatic carbocycles. The van der Waals surface area contributed by atoms with Gasteiger partial charge in [-0.25, -0.2) is 0 Å². The van der Waals surface area contributed by atoms with E-state index < -0.39 is 6.04 Å². The molecule has 1 amide bonds. The van der Waals surface area contributed by atoms with E-state index >= 15 is 0 Å². The summed E-state index contributed by atoms with van der Waals surface area (Å²) in [4.78, 5) is 11.7. The third kappa shape index (κ3) is 5.50. The molecule has 1 aromatic rings. The number of carbonyl (C=O) groups is 1. The Bertz CT molecular complexity index is 354. The fourth-order valence-corrected chi connectivity index (χ4v) is 1.56. The third-order valence-electron chi connectivity index (χ3n) is 2.42. The number of hydrogen-bond acceptors (Lipinski definition) is 2. The number of aryl methyl sites for hydroxylation is 1. The number of nitrogens with two attached hydrogens (primary N) is 1. The first-order valence-electron chi connectivity index (χ1n) is 6.00. The van der Waals surface area contributed by atoms with Crippen molar-refractivity contribution in [3.63, 3.8) is 0 Å². The number of rotatable bonds is 4. The summed E-state index contributed by atoms with van der Waals surface area (Å²) in [6, 6.07) is 9.64. The van der Waals surface area contributed by atoms with Crippen molar-refractivity contribution in [1.82, 2.24) is 5.32 Å². The average Bonchev–Trinajstić information content (AvgIpc) is 2.25. The minimum absolute atomic E-state index is 0.0755. The van der Waals surface area contributed by atoms with Crippen LogP contribution < -0.4 is 11.1 Å². The van der Waals surface area contributed by atoms with Crippen LogP contribution in [0.4, 0.5) is 0 Å². The normalized spacial score (nSPS) is 13.2. The molecule has 3 N–H and O–H groups in total. The Balaban J connectivity index is 2.40. The largest absolute Gasteiger partial charge is 0.350 e. The average molecular weight is 234 g/mol. The predicted octanol–water partition coefficient (Wildman–Crippen LogP) is 1.86. The fraction of sp³-hybridized carbons (Fsp3) is 0.500. The van der Waals surface area contributed by atoms with Crippen molar-refractivity contribution < 1.29 is 4.79 Å². The molecule has 94 valence electrons. The SMILES string of the molecule is CC(C)(C)NC(=O)C(N)CCc1ccccc1. The van der Waals surface area contributed by atoms with Crippen LogP contribution in [0.15, 0.2) is 30.3 Å². The summed E-state index contributed by atoms with van der Waals surface area (Å²) in [6.07, 6.45) is 1.51. The van der Waals surface area contributed by atoms with E-state index in [0.29, 0.717) is 6.42 Å². The maximum Gasteiger partial charge on any atom is 0.237 e. The van der Waals surface area contributed by atoms with Gasteiger partial charge in [0.15, 0.2) is 0 Å². The van der Waals surface area contributed by atoms with Gasteiger partial charge in [-0.3, -0.25) is 4.79 Å². The molecule has 0 saturated carbocycles. The van der Waals surface area contributed by atoms with Crippen LogP contribution in [0.25, 0.3) is 0 Å². The van der Waals surface area contributed by atoms with Crippen LogP contribution >= 0.6 is 0 Å². The van der Waals surface area contributed by atoms with Crippen molar-refractivity contribution in [1.29, 1.82) is 0 Å². The molecule has 3 heteroatoms. The van der Waals surface area contributed by atoms with Gasteiger partial charge in [0.25, 0.3) is 0 Å². The highest BCUT2D eigenvalue weighted by Crippen LogP contribution is 2.05. The van der Waals surface area contributed by atoms with Gasteiger partial charge in [0, 0.05) is 5.54 Å². The first-order valence-corrected chi connectivity index (χ1v) is 6.00. The van der Waals surface area contributed by atoms with Crippen molar-refractivity contribution in [2.45, 2.75) is 45.2 Å². The second-order valence-corrected chi connectivity index (χ2v) is 5.37. The zero-order valence-electron chi connectivity index (χ0n) is 10.9. The predicted molar refractivity (Wildman–Crippen MR) is 70.6 cm³/mol. The first kappa shape index (κ1) is 13.7. The van der Waals surface area contributed by atoms with E-state index in [2.05, 4.69) is 5.32 Å². The summed E-state index contributed by atoms with van der Waals surface area (Å²) in [6.45, 7) is 5.86. The summed E-state index contributed by atoms with van der Waals surface area (Å²) in [5.74, 6) is -0.0755. The van der Waals surface area contributed by atoms with Gasteiger partial charge in [-0.05, 0) is 39.2 Å². The molecule has 0 aliphatic rings. The van der Waals surface area contributed by atoms with Gasteiger partial charge in [0.1, 0.15) is 0 Å². The van der Waals surface area contributed by atoms with E-state index in [1.165, 1.54) is 5.56 Å². The van der Waals surface area contributed by atoms with Crippen LogP contribution in [0.1, 0.15) is 32.8 Å². The third-order valence-corrected chi connectivity index (χ3v) is 2.42.